The highest BCUT2D eigenvalue weighted by molar-refractivity contribution is 7.99. The summed E-state index contributed by atoms with van der Waals surface area (Å²) >= 11 is 7.87. The molecule has 1 aliphatic heterocycles. The van der Waals surface area contributed by atoms with Gasteiger partial charge in [-0.2, -0.15) is 0 Å². The third-order valence-electron chi connectivity index (χ3n) is 5.95. The van der Waals surface area contributed by atoms with Crippen LogP contribution in [-0.4, -0.2) is 55.4 Å². The molecule has 1 unspecified atom stereocenters. The number of nitrogens with one attached hydrogen (secondary N) is 2. The highest BCUT2D eigenvalue weighted by atomic mass is 35.5. The van der Waals surface area contributed by atoms with Gasteiger partial charge in [0.05, 0.1) is 43.4 Å². The van der Waals surface area contributed by atoms with Crippen LogP contribution in [0.3, 0.4) is 0 Å². The van der Waals surface area contributed by atoms with E-state index in [9.17, 15) is 10.1 Å². The summed E-state index contributed by atoms with van der Waals surface area (Å²) in [4.78, 5) is 19.5. The summed E-state index contributed by atoms with van der Waals surface area (Å²) in [6, 6.07) is 21.5. The lowest BCUT2D eigenvalue weighted by Crippen LogP contribution is -3.12. The molecule has 0 bridgehead atoms. The van der Waals surface area contributed by atoms with Crippen LogP contribution in [-0.2, 0) is 0 Å². The highest BCUT2D eigenvalue weighted by Crippen LogP contribution is 2.36. The van der Waals surface area contributed by atoms with Crippen LogP contribution in [0.5, 0.6) is 0 Å². The van der Waals surface area contributed by atoms with Crippen molar-refractivity contribution >= 4 is 40.7 Å². The van der Waals surface area contributed by atoms with Gasteiger partial charge >= 0.3 is 5.69 Å². The first-order valence-corrected chi connectivity index (χ1v) is 12.8. The maximum absolute atomic E-state index is 11.6. The lowest BCUT2D eigenvalue weighted by Gasteiger charge is -2.31. The van der Waals surface area contributed by atoms with E-state index in [2.05, 4.69) is 34.4 Å². The molecule has 1 aliphatic rings. The Kier molecular flexibility index (Phi) is 10.0. The summed E-state index contributed by atoms with van der Waals surface area (Å²) in [6.45, 7) is 4.41. The molecule has 1 saturated heterocycles. The number of nitrogens with zero attached hydrogens (tertiary/aromatic N) is 3. The van der Waals surface area contributed by atoms with Crippen molar-refractivity contribution in [3.05, 3.63) is 93.0 Å². The Morgan fingerprint density at radius 1 is 1.09 bits per heavy atom. The monoisotopic (exact) mass is 533 g/mol. The largest absolute Gasteiger partial charge is 1.00 e. The zero-order valence-corrected chi connectivity index (χ0v) is 21.8. The molecule has 1 aromatic heterocycles. The van der Waals surface area contributed by atoms with Crippen molar-refractivity contribution in [1.82, 2.24) is 4.98 Å². The summed E-state index contributed by atoms with van der Waals surface area (Å²) in [5.74, 6) is 1.87. The van der Waals surface area contributed by atoms with E-state index in [4.69, 9.17) is 11.6 Å². The fourth-order valence-electron chi connectivity index (χ4n) is 4.01. The van der Waals surface area contributed by atoms with Crippen molar-refractivity contribution in [2.45, 2.75) is 5.25 Å². The normalized spacial score (nSPS) is 14.7. The smallest absolute Gasteiger partial charge is 0.311 e. The SMILES string of the molecule is C[NH+]1CCN(c2ccc([N+](=O)[O-])c(NCCSC(c3ccccc3)c3ccc(Cl)cc3)n2)CC1.[Cl-]. The number of benzene rings is 2. The zero-order valence-electron chi connectivity index (χ0n) is 19.5. The molecule has 0 amide bonds. The number of aromatic nitrogens is 1. The molecule has 0 saturated carbocycles. The molecule has 0 spiro atoms. The minimum absolute atomic E-state index is 0. The number of hydrogen-bond acceptors (Lipinski definition) is 6. The maximum Gasteiger partial charge on any atom is 0.311 e. The minimum atomic E-state index is -0.374. The van der Waals surface area contributed by atoms with Crippen LogP contribution in [0.2, 0.25) is 5.02 Å². The Labute approximate surface area is 221 Å². The quantitative estimate of drug-likeness (QED) is 0.242. The Balaban J connectivity index is 0.00000342. The molecule has 2 aromatic carbocycles. The number of nitro groups is 1. The molecule has 4 rings (SSSR count). The van der Waals surface area contributed by atoms with Crippen LogP contribution in [0.1, 0.15) is 16.4 Å². The average Bonchev–Trinajstić information content (AvgIpc) is 2.85. The van der Waals surface area contributed by atoms with Crippen molar-refractivity contribution in [2.75, 3.05) is 55.7 Å². The van der Waals surface area contributed by atoms with E-state index in [-0.39, 0.29) is 28.3 Å². The van der Waals surface area contributed by atoms with Crippen LogP contribution in [0, 0.1) is 10.1 Å². The number of quaternary nitrogens is 1. The molecule has 7 nitrogen and oxygen atoms in total. The molecule has 35 heavy (non-hydrogen) atoms. The van der Waals surface area contributed by atoms with Crippen LogP contribution < -0.4 is 27.5 Å². The average molecular weight is 535 g/mol. The number of anilines is 2. The van der Waals surface area contributed by atoms with E-state index in [0.717, 1.165) is 37.7 Å². The molecule has 2 heterocycles. The Bertz CT molecular complexity index is 1100. The van der Waals surface area contributed by atoms with Gasteiger partial charge in [-0.05, 0) is 29.3 Å². The molecular formula is C25H29Cl2N5O2S. The summed E-state index contributed by atoms with van der Waals surface area (Å²) in [7, 11) is 2.18. The number of piperazine rings is 1. The van der Waals surface area contributed by atoms with Crippen molar-refractivity contribution < 1.29 is 22.2 Å². The van der Waals surface area contributed by atoms with Gasteiger partial charge in [-0.3, -0.25) is 10.1 Å². The third kappa shape index (κ3) is 7.24. The molecular weight excluding hydrogens is 505 g/mol. The van der Waals surface area contributed by atoms with Crippen LogP contribution >= 0.6 is 23.4 Å². The molecule has 0 aliphatic carbocycles. The van der Waals surface area contributed by atoms with Crippen molar-refractivity contribution in [2.24, 2.45) is 0 Å². The first-order valence-electron chi connectivity index (χ1n) is 11.4. The van der Waals surface area contributed by atoms with Gasteiger partial charge < -0.3 is 27.5 Å². The first-order chi connectivity index (χ1) is 16.5. The lowest BCUT2D eigenvalue weighted by atomic mass is 10.0. The summed E-state index contributed by atoms with van der Waals surface area (Å²) in [6.07, 6.45) is 0. The van der Waals surface area contributed by atoms with Crippen molar-refractivity contribution in [3.8, 4) is 0 Å². The first kappa shape index (κ1) is 27.1. The topological polar surface area (TPSA) is 75.7 Å². The number of hydrogen-bond donors (Lipinski definition) is 2. The summed E-state index contributed by atoms with van der Waals surface area (Å²) in [5.41, 5.74) is 2.38. The predicted molar refractivity (Wildman–Crippen MR) is 140 cm³/mol. The van der Waals surface area contributed by atoms with E-state index < -0.39 is 0 Å². The Morgan fingerprint density at radius 2 is 1.74 bits per heavy atom. The zero-order chi connectivity index (χ0) is 23.9. The van der Waals surface area contributed by atoms with Crippen molar-refractivity contribution in [3.63, 3.8) is 0 Å². The van der Waals surface area contributed by atoms with E-state index in [0.29, 0.717) is 17.4 Å². The van der Waals surface area contributed by atoms with Gasteiger partial charge in [0, 0.05) is 23.4 Å². The highest BCUT2D eigenvalue weighted by Gasteiger charge is 2.22. The van der Waals surface area contributed by atoms with E-state index >= 15 is 0 Å². The number of thioether (sulfide) groups is 1. The van der Waals surface area contributed by atoms with Gasteiger partial charge in [0.15, 0.2) is 0 Å². The van der Waals surface area contributed by atoms with Gasteiger partial charge in [0.2, 0.25) is 5.82 Å². The minimum Gasteiger partial charge on any atom is -1.00 e. The predicted octanol–water partition coefficient (Wildman–Crippen LogP) is 0.917. The van der Waals surface area contributed by atoms with E-state index in [1.807, 2.05) is 42.5 Å². The number of likely N-dealkylation sites (N-methyl/N-ethyl adjacent to an activating group) is 1. The van der Waals surface area contributed by atoms with Gasteiger partial charge in [-0.15, -0.1) is 11.8 Å². The molecule has 2 N–H and O–H groups in total. The van der Waals surface area contributed by atoms with Crippen LogP contribution in [0.25, 0.3) is 0 Å². The van der Waals surface area contributed by atoms with Crippen LogP contribution in [0.15, 0.2) is 66.7 Å². The second kappa shape index (κ2) is 13.0. The number of rotatable bonds is 9. The van der Waals surface area contributed by atoms with E-state index in [1.54, 1.807) is 23.9 Å². The fourth-order valence-corrected chi connectivity index (χ4v) is 5.29. The van der Waals surface area contributed by atoms with E-state index in [1.165, 1.54) is 16.0 Å². The maximum atomic E-state index is 11.6. The molecule has 1 atom stereocenters. The molecule has 186 valence electrons. The second-order valence-electron chi connectivity index (χ2n) is 8.38. The van der Waals surface area contributed by atoms with Crippen molar-refractivity contribution in [1.29, 1.82) is 0 Å². The van der Waals surface area contributed by atoms with Crippen LogP contribution in [0.4, 0.5) is 17.3 Å². The van der Waals surface area contributed by atoms with Gasteiger partial charge in [0.25, 0.3) is 0 Å². The van der Waals surface area contributed by atoms with Gasteiger partial charge in [-0.25, -0.2) is 4.98 Å². The standard InChI is InChI=1S/C25H28ClN5O2S.ClH/c1-29-14-16-30(17-15-29)23-12-11-22(31(32)33)25(28-23)27-13-18-34-24(19-5-3-2-4-6-19)20-7-9-21(26)10-8-20;/h2-12,24H,13-18H2,1H3,(H,27,28);1H. The molecule has 0 radical (unpaired) electrons. The fraction of sp³-hybridized carbons (Fsp3) is 0.320. The van der Waals surface area contributed by atoms with Gasteiger partial charge in [0.1, 0.15) is 5.82 Å². The Morgan fingerprint density at radius 3 is 2.40 bits per heavy atom. The Hall–Kier alpha value is -2.52. The third-order valence-corrected chi connectivity index (χ3v) is 7.52. The second-order valence-corrected chi connectivity index (χ2v) is 10.0. The molecule has 10 heteroatoms. The number of pyridine rings is 1. The molecule has 1 fully saturated rings. The summed E-state index contributed by atoms with van der Waals surface area (Å²) < 4.78 is 0. The molecule has 3 aromatic rings. The summed E-state index contributed by atoms with van der Waals surface area (Å²) in [5, 5.41) is 15.7. The number of halogens is 2. The lowest BCUT2D eigenvalue weighted by molar-refractivity contribution is -0.880. The van der Waals surface area contributed by atoms with Gasteiger partial charge in [-0.1, -0.05) is 54.1 Å².